The summed E-state index contributed by atoms with van der Waals surface area (Å²) in [5, 5.41) is 2.83. The van der Waals surface area contributed by atoms with Gasteiger partial charge in [-0.1, -0.05) is 27.7 Å². The first-order valence-electron chi connectivity index (χ1n) is 6.18. The predicted octanol–water partition coefficient (Wildman–Crippen LogP) is 4.09. The zero-order valence-corrected chi connectivity index (χ0v) is 13.6. The van der Waals surface area contributed by atoms with E-state index in [0.29, 0.717) is 18.2 Å². The Hall–Kier alpha value is -0.650. The molecule has 1 aromatic heterocycles. The van der Waals surface area contributed by atoms with Crippen LogP contribution in [0.15, 0.2) is 18.3 Å². The normalized spacial score (nSPS) is 13.2. The van der Waals surface area contributed by atoms with Crippen LogP contribution in [0.5, 0.6) is 0 Å². The van der Waals surface area contributed by atoms with Crippen molar-refractivity contribution in [1.82, 2.24) is 4.98 Å². The number of pyridine rings is 1. The third-order valence-electron chi connectivity index (χ3n) is 2.49. The van der Waals surface area contributed by atoms with E-state index < -0.39 is 0 Å². The number of amides is 1. The van der Waals surface area contributed by atoms with E-state index >= 15 is 0 Å². The molecule has 3 nitrogen and oxygen atoms in total. The van der Waals surface area contributed by atoms with E-state index in [9.17, 15) is 4.79 Å². The van der Waals surface area contributed by atoms with Crippen molar-refractivity contribution in [2.24, 2.45) is 11.3 Å². The van der Waals surface area contributed by atoms with E-state index in [1.807, 2.05) is 12.1 Å². The highest BCUT2D eigenvalue weighted by molar-refractivity contribution is 14.1. The molecule has 0 fully saturated rings. The lowest BCUT2D eigenvalue weighted by molar-refractivity contribution is -0.117. The van der Waals surface area contributed by atoms with Gasteiger partial charge in [-0.05, 0) is 52.5 Å². The third kappa shape index (κ3) is 6.33. The van der Waals surface area contributed by atoms with Crippen molar-refractivity contribution in [2.75, 3.05) is 5.32 Å². The standard InChI is InChI=1S/C14H21IN2O/c1-10(8-14(2,3)4)7-13(18)17-12-6-5-11(15)9-16-12/h5-6,9-10H,7-8H2,1-4H3,(H,16,17,18). The highest BCUT2D eigenvalue weighted by Crippen LogP contribution is 2.26. The van der Waals surface area contributed by atoms with Gasteiger partial charge in [-0.3, -0.25) is 4.79 Å². The molecule has 0 radical (unpaired) electrons. The maximum atomic E-state index is 11.8. The molecule has 0 aliphatic carbocycles. The molecule has 100 valence electrons. The topological polar surface area (TPSA) is 42.0 Å². The lowest BCUT2D eigenvalue weighted by Gasteiger charge is -2.22. The van der Waals surface area contributed by atoms with Gasteiger partial charge in [0, 0.05) is 16.2 Å². The molecule has 1 aromatic rings. The van der Waals surface area contributed by atoms with Crippen LogP contribution in [0.1, 0.15) is 40.5 Å². The second kappa shape index (κ2) is 6.50. The second-order valence-corrected chi connectivity index (χ2v) is 7.23. The number of carbonyl (C=O) groups excluding carboxylic acids is 1. The summed E-state index contributed by atoms with van der Waals surface area (Å²) in [5.41, 5.74) is 0.265. The van der Waals surface area contributed by atoms with Gasteiger partial charge in [-0.15, -0.1) is 0 Å². The molecule has 1 rings (SSSR count). The van der Waals surface area contributed by atoms with Crippen LogP contribution in [0, 0.1) is 14.9 Å². The van der Waals surface area contributed by atoms with Crippen molar-refractivity contribution < 1.29 is 4.79 Å². The Labute approximate surface area is 123 Å². The largest absolute Gasteiger partial charge is 0.311 e. The molecule has 0 aliphatic heterocycles. The van der Waals surface area contributed by atoms with Gasteiger partial charge < -0.3 is 5.32 Å². The van der Waals surface area contributed by atoms with Gasteiger partial charge in [0.05, 0.1) is 0 Å². The summed E-state index contributed by atoms with van der Waals surface area (Å²) < 4.78 is 1.06. The van der Waals surface area contributed by atoms with Gasteiger partial charge in [0.25, 0.3) is 0 Å². The van der Waals surface area contributed by atoms with Gasteiger partial charge in [0.2, 0.25) is 5.91 Å². The SMILES string of the molecule is CC(CC(=O)Nc1ccc(I)cn1)CC(C)(C)C. The number of hydrogen-bond donors (Lipinski definition) is 1. The molecule has 0 saturated carbocycles. The molecule has 1 unspecified atom stereocenters. The summed E-state index contributed by atoms with van der Waals surface area (Å²) >= 11 is 2.19. The first kappa shape index (κ1) is 15.4. The Balaban J connectivity index is 2.44. The summed E-state index contributed by atoms with van der Waals surface area (Å²) in [6, 6.07) is 3.76. The van der Waals surface area contributed by atoms with Crippen molar-refractivity contribution in [3.8, 4) is 0 Å². The Kier molecular flexibility index (Phi) is 5.56. The second-order valence-electron chi connectivity index (χ2n) is 5.98. The number of carbonyl (C=O) groups is 1. The number of hydrogen-bond acceptors (Lipinski definition) is 2. The number of nitrogens with zero attached hydrogens (tertiary/aromatic N) is 1. The molecule has 0 spiro atoms. The van der Waals surface area contributed by atoms with Crippen LogP contribution in [-0.4, -0.2) is 10.9 Å². The minimum absolute atomic E-state index is 0.0421. The quantitative estimate of drug-likeness (QED) is 0.822. The maximum Gasteiger partial charge on any atom is 0.225 e. The molecule has 0 aromatic carbocycles. The summed E-state index contributed by atoms with van der Waals surface area (Å²) in [6.45, 7) is 8.71. The Morgan fingerprint density at radius 1 is 1.44 bits per heavy atom. The van der Waals surface area contributed by atoms with Crippen molar-refractivity contribution in [3.05, 3.63) is 21.9 Å². The van der Waals surface area contributed by atoms with Crippen molar-refractivity contribution in [3.63, 3.8) is 0 Å². The average Bonchev–Trinajstić information content (AvgIpc) is 2.18. The van der Waals surface area contributed by atoms with Crippen LogP contribution in [0.3, 0.4) is 0 Å². The molecule has 18 heavy (non-hydrogen) atoms. The molecule has 1 amide bonds. The fourth-order valence-corrected chi connectivity index (χ4v) is 2.40. The molecule has 0 bridgehead atoms. The van der Waals surface area contributed by atoms with Gasteiger partial charge in [-0.2, -0.15) is 0 Å². The van der Waals surface area contributed by atoms with E-state index in [1.165, 1.54) is 0 Å². The number of anilines is 1. The van der Waals surface area contributed by atoms with Gasteiger partial charge in [-0.25, -0.2) is 4.98 Å². The molecule has 1 N–H and O–H groups in total. The number of halogens is 1. The number of nitrogens with one attached hydrogen (secondary N) is 1. The highest BCUT2D eigenvalue weighted by Gasteiger charge is 2.17. The van der Waals surface area contributed by atoms with Gasteiger partial charge >= 0.3 is 0 Å². The average molecular weight is 360 g/mol. The Bertz CT molecular complexity index is 395. The lowest BCUT2D eigenvalue weighted by atomic mass is 9.84. The van der Waals surface area contributed by atoms with Gasteiger partial charge in [0.1, 0.15) is 5.82 Å². The van der Waals surface area contributed by atoms with Crippen LogP contribution in [0.2, 0.25) is 0 Å². The van der Waals surface area contributed by atoms with E-state index in [2.05, 4.69) is 60.6 Å². The fourth-order valence-electron chi connectivity index (χ4n) is 2.08. The minimum Gasteiger partial charge on any atom is -0.311 e. The number of aromatic nitrogens is 1. The third-order valence-corrected chi connectivity index (χ3v) is 3.13. The number of rotatable bonds is 4. The Morgan fingerprint density at radius 2 is 2.11 bits per heavy atom. The van der Waals surface area contributed by atoms with E-state index in [-0.39, 0.29) is 11.3 Å². The summed E-state index contributed by atoms with van der Waals surface area (Å²) in [4.78, 5) is 16.0. The predicted molar refractivity (Wildman–Crippen MR) is 83.4 cm³/mol. The van der Waals surface area contributed by atoms with Crippen LogP contribution in [0.4, 0.5) is 5.82 Å². The van der Waals surface area contributed by atoms with Crippen LogP contribution in [-0.2, 0) is 4.79 Å². The monoisotopic (exact) mass is 360 g/mol. The summed E-state index contributed by atoms with van der Waals surface area (Å²) in [5.74, 6) is 1.05. The van der Waals surface area contributed by atoms with Crippen molar-refractivity contribution >= 4 is 34.3 Å². The van der Waals surface area contributed by atoms with Crippen molar-refractivity contribution in [1.29, 1.82) is 0 Å². The first-order chi connectivity index (χ1) is 8.26. The molecule has 0 aliphatic rings. The lowest BCUT2D eigenvalue weighted by Crippen LogP contribution is -2.19. The molecule has 4 heteroatoms. The van der Waals surface area contributed by atoms with E-state index in [1.54, 1.807) is 6.20 Å². The zero-order valence-electron chi connectivity index (χ0n) is 11.5. The van der Waals surface area contributed by atoms with Crippen LogP contribution in [0.25, 0.3) is 0 Å². The highest BCUT2D eigenvalue weighted by atomic mass is 127. The maximum absolute atomic E-state index is 11.8. The van der Waals surface area contributed by atoms with Crippen LogP contribution >= 0.6 is 22.6 Å². The van der Waals surface area contributed by atoms with Crippen molar-refractivity contribution in [2.45, 2.75) is 40.5 Å². The molecule has 1 atom stereocenters. The molecule has 1 heterocycles. The van der Waals surface area contributed by atoms with Crippen LogP contribution < -0.4 is 5.32 Å². The molecular formula is C14H21IN2O. The first-order valence-corrected chi connectivity index (χ1v) is 7.25. The zero-order chi connectivity index (χ0) is 13.8. The molecular weight excluding hydrogens is 339 g/mol. The molecule has 0 saturated heterocycles. The summed E-state index contributed by atoms with van der Waals surface area (Å²) in [6.07, 6.45) is 3.33. The van der Waals surface area contributed by atoms with Gasteiger partial charge in [0.15, 0.2) is 0 Å². The van der Waals surface area contributed by atoms with E-state index in [4.69, 9.17) is 0 Å². The van der Waals surface area contributed by atoms with E-state index in [0.717, 1.165) is 9.99 Å². The minimum atomic E-state index is 0.0421. The smallest absolute Gasteiger partial charge is 0.225 e. The fraction of sp³-hybridized carbons (Fsp3) is 0.571. The summed E-state index contributed by atoms with van der Waals surface area (Å²) in [7, 11) is 0. The Morgan fingerprint density at radius 3 is 2.61 bits per heavy atom.